The van der Waals surface area contributed by atoms with Crippen molar-refractivity contribution in [3.05, 3.63) is 0 Å². The van der Waals surface area contributed by atoms with Crippen LogP contribution in [0.4, 0.5) is 0 Å². The highest BCUT2D eigenvalue weighted by molar-refractivity contribution is 7.98. The minimum absolute atomic E-state index is 0.529. The second-order valence-corrected chi connectivity index (χ2v) is 3.96. The fraction of sp³-hybridized carbons (Fsp3) is 1.00. The van der Waals surface area contributed by atoms with Gasteiger partial charge in [0.05, 0.1) is 6.10 Å². The van der Waals surface area contributed by atoms with Gasteiger partial charge in [-0.3, -0.25) is 0 Å². The van der Waals surface area contributed by atoms with E-state index in [0.29, 0.717) is 6.10 Å². The van der Waals surface area contributed by atoms with Crippen molar-refractivity contribution >= 4 is 11.8 Å². The standard InChI is InChI=1S/C8H17NOS/c1-10-8-5-7(6-8)9-3-4-11-2/h7-9H,3-6H2,1-2H3. The molecule has 0 radical (unpaired) electrons. The molecule has 1 N–H and O–H groups in total. The van der Waals surface area contributed by atoms with Crippen LogP contribution in [0.5, 0.6) is 0 Å². The second-order valence-electron chi connectivity index (χ2n) is 2.97. The minimum atomic E-state index is 0.529. The molecule has 0 bridgehead atoms. The first-order valence-corrected chi connectivity index (χ1v) is 5.51. The Morgan fingerprint density at radius 1 is 1.55 bits per heavy atom. The van der Waals surface area contributed by atoms with E-state index >= 15 is 0 Å². The Bertz CT molecular complexity index is 104. The van der Waals surface area contributed by atoms with Crippen molar-refractivity contribution < 1.29 is 4.74 Å². The van der Waals surface area contributed by atoms with Crippen LogP contribution in [0, 0.1) is 0 Å². The van der Waals surface area contributed by atoms with Gasteiger partial charge in [-0.25, -0.2) is 0 Å². The van der Waals surface area contributed by atoms with Crippen molar-refractivity contribution in [2.24, 2.45) is 0 Å². The highest BCUT2D eigenvalue weighted by atomic mass is 32.2. The number of methoxy groups -OCH3 is 1. The lowest BCUT2D eigenvalue weighted by atomic mass is 9.89. The average molecular weight is 175 g/mol. The summed E-state index contributed by atoms with van der Waals surface area (Å²) in [7, 11) is 1.79. The van der Waals surface area contributed by atoms with E-state index in [2.05, 4.69) is 11.6 Å². The van der Waals surface area contributed by atoms with Crippen LogP contribution in [0.2, 0.25) is 0 Å². The molecule has 0 amide bonds. The van der Waals surface area contributed by atoms with Gasteiger partial charge in [0.1, 0.15) is 0 Å². The third-order valence-corrected chi connectivity index (χ3v) is 2.78. The van der Waals surface area contributed by atoms with Crippen molar-refractivity contribution in [2.75, 3.05) is 25.7 Å². The number of nitrogens with one attached hydrogen (secondary N) is 1. The number of rotatable bonds is 5. The molecule has 0 heterocycles. The molecule has 3 heteroatoms. The molecule has 1 aliphatic rings. The predicted molar refractivity (Wildman–Crippen MR) is 50.2 cm³/mol. The van der Waals surface area contributed by atoms with Gasteiger partial charge < -0.3 is 10.1 Å². The van der Waals surface area contributed by atoms with E-state index in [1.54, 1.807) is 7.11 Å². The molecule has 1 aliphatic carbocycles. The molecule has 0 unspecified atom stereocenters. The highest BCUT2D eigenvalue weighted by Gasteiger charge is 2.27. The summed E-state index contributed by atoms with van der Waals surface area (Å²) in [6.45, 7) is 1.14. The first-order valence-electron chi connectivity index (χ1n) is 4.12. The Kier molecular flexibility index (Phi) is 4.26. The first-order chi connectivity index (χ1) is 5.36. The van der Waals surface area contributed by atoms with Crippen LogP contribution in [-0.4, -0.2) is 37.8 Å². The lowest BCUT2D eigenvalue weighted by Gasteiger charge is -2.34. The van der Waals surface area contributed by atoms with Crippen LogP contribution in [0.15, 0.2) is 0 Å². The Labute approximate surface area is 73.1 Å². The molecule has 0 atom stereocenters. The van der Waals surface area contributed by atoms with Gasteiger partial charge in [0.25, 0.3) is 0 Å². The van der Waals surface area contributed by atoms with Gasteiger partial charge >= 0.3 is 0 Å². The van der Waals surface area contributed by atoms with Crippen LogP contribution in [0.3, 0.4) is 0 Å². The van der Waals surface area contributed by atoms with Gasteiger partial charge in [-0.05, 0) is 19.1 Å². The Morgan fingerprint density at radius 2 is 2.27 bits per heavy atom. The SMILES string of the molecule is COC1CC(NCCSC)C1. The topological polar surface area (TPSA) is 21.3 Å². The van der Waals surface area contributed by atoms with Crippen molar-refractivity contribution in [1.29, 1.82) is 0 Å². The number of hydrogen-bond donors (Lipinski definition) is 1. The summed E-state index contributed by atoms with van der Waals surface area (Å²) in [5.74, 6) is 1.22. The highest BCUT2D eigenvalue weighted by Crippen LogP contribution is 2.22. The lowest BCUT2D eigenvalue weighted by Crippen LogP contribution is -2.45. The van der Waals surface area contributed by atoms with E-state index in [9.17, 15) is 0 Å². The monoisotopic (exact) mass is 175 g/mol. The van der Waals surface area contributed by atoms with Gasteiger partial charge in [-0.1, -0.05) is 0 Å². The minimum Gasteiger partial charge on any atom is -0.381 e. The summed E-state index contributed by atoms with van der Waals surface area (Å²) < 4.78 is 5.18. The van der Waals surface area contributed by atoms with Crippen LogP contribution < -0.4 is 5.32 Å². The second kappa shape index (κ2) is 5.01. The van der Waals surface area contributed by atoms with Gasteiger partial charge in [-0.2, -0.15) is 11.8 Å². The molecule has 66 valence electrons. The first kappa shape index (κ1) is 9.36. The van der Waals surface area contributed by atoms with Crippen LogP contribution in [-0.2, 0) is 4.74 Å². The lowest BCUT2D eigenvalue weighted by molar-refractivity contribution is 0.0181. The van der Waals surface area contributed by atoms with Crippen molar-refractivity contribution in [1.82, 2.24) is 5.32 Å². The normalized spacial score (nSPS) is 30.0. The number of ether oxygens (including phenoxy) is 1. The molecular formula is C8H17NOS. The fourth-order valence-corrected chi connectivity index (χ4v) is 1.61. The molecule has 0 aromatic carbocycles. The largest absolute Gasteiger partial charge is 0.381 e. The van der Waals surface area contributed by atoms with Crippen molar-refractivity contribution in [3.63, 3.8) is 0 Å². The molecule has 0 saturated heterocycles. The molecule has 0 aromatic heterocycles. The van der Waals surface area contributed by atoms with E-state index in [1.165, 1.54) is 18.6 Å². The quantitative estimate of drug-likeness (QED) is 0.633. The van der Waals surface area contributed by atoms with Crippen molar-refractivity contribution in [3.8, 4) is 0 Å². The summed E-state index contributed by atoms with van der Waals surface area (Å²) in [6, 6.07) is 0.729. The summed E-state index contributed by atoms with van der Waals surface area (Å²) in [5.41, 5.74) is 0. The predicted octanol–water partition coefficient (Wildman–Crippen LogP) is 1.12. The van der Waals surface area contributed by atoms with E-state index in [1.807, 2.05) is 11.8 Å². The zero-order chi connectivity index (χ0) is 8.10. The van der Waals surface area contributed by atoms with E-state index in [-0.39, 0.29) is 0 Å². The van der Waals surface area contributed by atoms with Gasteiger partial charge in [0.15, 0.2) is 0 Å². The Hall–Kier alpha value is 0.270. The van der Waals surface area contributed by atoms with Gasteiger partial charge in [0.2, 0.25) is 0 Å². The number of thioether (sulfide) groups is 1. The third kappa shape index (κ3) is 3.01. The van der Waals surface area contributed by atoms with E-state index in [0.717, 1.165) is 12.6 Å². The zero-order valence-electron chi connectivity index (χ0n) is 7.30. The third-order valence-electron chi connectivity index (χ3n) is 2.17. The average Bonchev–Trinajstić information content (AvgIpc) is 1.94. The maximum absolute atomic E-state index is 5.18. The molecule has 1 rings (SSSR count). The Morgan fingerprint density at radius 3 is 2.82 bits per heavy atom. The van der Waals surface area contributed by atoms with Crippen LogP contribution >= 0.6 is 11.8 Å². The van der Waals surface area contributed by atoms with Crippen LogP contribution in [0.25, 0.3) is 0 Å². The van der Waals surface area contributed by atoms with E-state index < -0.39 is 0 Å². The van der Waals surface area contributed by atoms with Gasteiger partial charge in [0, 0.05) is 25.4 Å². The molecule has 1 fully saturated rings. The smallest absolute Gasteiger partial charge is 0.0601 e. The molecule has 0 aliphatic heterocycles. The molecule has 0 aromatic rings. The fourth-order valence-electron chi connectivity index (χ4n) is 1.29. The summed E-state index contributed by atoms with van der Waals surface area (Å²) in [4.78, 5) is 0. The summed E-state index contributed by atoms with van der Waals surface area (Å²) >= 11 is 1.89. The molecular weight excluding hydrogens is 158 g/mol. The van der Waals surface area contributed by atoms with Gasteiger partial charge in [-0.15, -0.1) is 0 Å². The maximum Gasteiger partial charge on any atom is 0.0601 e. The molecule has 2 nitrogen and oxygen atoms in total. The summed E-state index contributed by atoms with van der Waals surface area (Å²) in [5, 5.41) is 3.48. The molecule has 0 spiro atoms. The van der Waals surface area contributed by atoms with Crippen molar-refractivity contribution in [2.45, 2.75) is 25.0 Å². The molecule has 1 saturated carbocycles. The zero-order valence-corrected chi connectivity index (χ0v) is 8.12. The Balaban J connectivity index is 1.88. The number of hydrogen-bond acceptors (Lipinski definition) is 3. The van der Waals surface area contributed by atoms with E-state index in [4.69, 9.17) is 4.74 Å². The summed E-state index contributed by atoms with van der Waals surface area (Å²) in [6.07, 6.45) is 5.07. The maximum atomic E-state index is 5.18. The molecule has 11 heavy (non-hydrogen) atoms. The van der Waals surface area contributed by atoms with Crippen LogP contribution in [0.1, 0.15) is 12.8 Å².